The second kappa shape index (κ2) is 4.97. The van der Waals surface area contributed by atoms with Gasteiger partial charge in [0.2, 0.25) is 5.91 Å². The molecule has 0 spiro atoms. The SMILES string of the molecule is CCCC1(C(=O)NC2C3(C)CCC(C3)C2(C)C)CCNC1. The predicted octanol–water partition coefficient (Wildman–Crippen LogP) is 3.10. The molecule has 21 heavy (non-hydrogen) atoms. The van der Waals surface area contributed by atoms with Gasteiger partial charge in [-0.1, -0.05) is 34.1 Å². The number of fused-ring (bicyclic) bond motifs is 2. The normalized spacial score (nSPS) is 44.2. The monoisotopic (exact) mass is 292 g/mol. The molecule has 2 aliphatic carbocycles. The summed E-state index contributed by atoms with van der Waals surface area (Å²) in [6, 6.07) is 0.352. The minimum Gasteiger partial charge on any atom is -0.352 e. The highest BCUT2D eigenvalue weighted by Crippen LogP contribution is 2.62. The molecule has 0 aromatic carbocycles. The van der Waals surface area contributed by atoms with Crippen LogP contribution in [0.1, 0.15) is 66.2 Å². The smallest absolute Gasteiger partial charge is 0.227 e. The van der Waals surface area contributed by atoms with Gasteiger partial charge in [0.15, 0.2) is 0 Å². The van der Waals surface area contributed by atoms with E-state index in [9.17, 15) is 4.79 Å². The summed E-state index contributed by atoms with van der Waals surface area (Å²) in [5.74, 6) is 1.11. The van der Waals surface area contributed by atoms with Crippen molar-refractivity contribution >= 4 is 5.91 Å². The maximum atomic E-state index is 13.1. The van der Waals surface area contributed by atoms with Crippen molar-refractivity contribution in [2.45, 2.75) is 72.3 Å². The third-order valence-corrected chi connectivity index (χ3v) is 7.00. The summed E-state index contributed by atoms with van der Waals surface area (Å²) < 4.78 is 0. The van der Waals surface area contributed by atoms with Crippen LogP contribution in [-0.4, -0.2) is 25.0 Å². The van der Waals surface area contributed by atoms with Crippen LogP contribution >= 0.6 is 0 Å². The van der Waals surface area contributed by atoms with Crippen LogP contribution in [0.25, 0.3) is 0 Å². The van der Waals surface area contributed by atoms with E-state index in [1.165, 1.54) is 19.3 Å². The summed E-state index contributed by atoms with van der Waals surface area (Å²) in [7, 11) is 0. The molecule has 120 valence electrons. The molecule has 0 aromatic rings. The van der Waals surface area contributed by atoms with Crippen molar-refractivity contribution in [3.8, 4) is 0 Å². The highest BCUT2D eigenvalue weighted by Gasteiger charge is 2.60. The van der Waals surface area contributed by atoms with E-state index in [2.05, 4.69) is 38.3 Å². The van der Waals surface area contributed by atoms with Gasteiger partial charge in [0.25, 0.3) is 0 Å². The number of carbonyl (C=O) groups is 1. The summed E-state index contributed by atoms with van der Waals surface area (Å²) in [4.78, 5) is 13.1. The molecule has 4 atom stereocenters. The van der Waals surface area contributed by atoms with Gasteiger partial charge in [0.05, 0.1) is 5.41 Å². The number of hydrogen-bond acceptors (Lipinski definition) is 2. The van der Waals surface area contributed by atoms with Crippen LogP contribution in [0.15, 0.2) is 0 Å². The van der Waals surface area contributed by atoms with Crippen molar-refractivity contribution in [3.05, 3.63) is 0 Å². The topological polar surface area (TPSA) is 41.1 Å². The third-order valence-electron chi connectivity index (χ3n) is 7.00. The van der Waals surface area contributed by atoms with E-state index >= 15 is 0 Å². The fourth-order valence-corrected chi connectivity index (χ4v) is 5.69. The van der Waals surface area contributed by atoms with Gasteiger partial charge in [-0.15, -0.1) is 0 Å². The number of amides is 1. The lowest BCUT2D eigenvalue weighted by Crippen LogP contribution is -2.56. The van der Waals surface area contributed by atoms with Gasteiger partial charge in [0.1, 0.15) is 0 Å². The number of rotatable bonds is 4. The fourth-order valence-electron chi connectivity index (χ4n) is 5.69. The van der Waals surface area contributed by atoms with Gasteiger partial charge >= 0.3 is 0 Å². The molecule has 2 bridgehead atoms. The highest BCUT2D eigenvalue weighted by atomic mass is 16.2. The number of hydrogen-bond donors (Lipinski definition) is 2. The second-order valence-corrected chi connectivity index (χ2v) is 8.78. The van der Waals surface area contributed by atoms with Crippen LogP contribution in [0, 0.1) is 22.2 Å². The van der Waals surface area contributed by atoms with Gasteiger partial charge in [0, 0.05) is 12.6 Å². The molecule has 4 unspecified atom stereocenters. The first-order chi connectivity index (χ1) is 9.84. The molecule has 3 aliphatic rings. The van der Waals surface area contributed by atoms with E-state index in [0.717, 1.165) is 38.3 Å². The van der Waals surface area contributed by atoms with Crippen molar-refractivity contribution in [2.75, 3.05) is 13.1 Å². The van der Waals surface area contributed by atoms with E-state index in [1.54, 1.807) is 0 Å². The first kappa shape index (κ1) is 15.3. The van der Waals surface area contributed by atoms with Gasteiger partial charge in [-0.3, -0.25) is 4.79 Å². The molecule has 0 radical (unpaired) electrons. The lowest BCUT2D eigenvalue weighted by molar-refractivity contribution is -0.133. The van der Waals surface area contributed by atoms with Crippen LogP contribution in [0.2, 0.25) is 0 Å². The predicted molar refractivity (Wildman–Crippen MR) is 86.0 cm³/mol. The minimum atomic E-state index is -0.150. The lowest BCUT2D eigenvalue weighted by atomic mass is 9.68. The Labute approximate surface area is 129 Å². The van der Waals surface area contributed by atoms with Gasteiger partial charge in [-0.25, -0.2) is 0 Å². The zero-order valence-corrected chi connectivity index (χ0v) is 14.2. The Morgan fingerprint density at radius 3 is 2.57 bits per heavy atom. The van der Waals surface area contributed by atoms with Crippen molar-refractivity contribution in [1.29, 1.82) is 0 Å². The molecular formula is C18H32N2O. The van der Waals surface area contributed by atoms with Gasteiger partial charge < -0.3 is 10.6 Å². The van der Waals surface area contributed by atoms with Crippen LogP contribution < -0.4 is 10.6 Å². The Morgan fingerprint density at radius 2 is 2.05 bits per heavy atom. The van der Waals surface area contributed by atoms with E-state index in [0.29, 0.717) is 17.4 Å². The van der Waals surface area contributed by atoms with E-state index in [4.69, 9.17) is 0 Å². The standard InChI is InChI=1S/C18H32N2O/c1-5-7-18(9-10-19-12-18)15(21)20-14-16(2,3)13-6-8-17(14,4)11-13/h13-14,19H,5-12H2,1-4H3,(H,20,21). The molecule has 1 saturated heterocycles. The van der Waals surface area contributed by atoms with E-state index in [-0.39, 0.29) is 10.8 Å². The molecule has 1 heterocycles. The molecule has 3 heteroatoms. The quantitative estimate of drug-likeness (QED) is 0.836. The molecule has 3 fully saturated rings. The maximum Gasteiger partial charge on any atom is 0.227 e. The fraction of sp³-hybridized carbons (Fsp3) is 0.944. The minimum absolute atomic E-state index is 0.150. The lowest BCUT2D eigenvalue weighted by Gasteiger charge is -2.44. The Morgan fingerprint density at radius 1 is 1.29 bits per heavy atom. The van der Waals surface area contributed by atoms with Crippen molar-refractivity contribution < 1.29 is 4.79 Å². The second-order valence-electron chi connectivity index (χ2n) is 8.78. The zero-order valence-electron chi connectivity index (χ0n) is 14.2. The average molecular weight is 292 g/mol. The van der Waals surface area contributed by atoms with Crippen LogP contribution in [0.4, 0.5) is 0 Å². The highest BCUT2D eigenvalue weighted by molar-refractivity contribution is 5.83. The van der Waals surface area contributed by atoms with Crippen molar-refractivity contribution in [3.63, 3.8) is 0 Å². The molecule has 3 rings (SSSR count). The van der Waals surface area contributed by atoms with Gasteiger partial charge in [-0.2, -0.15) is 0 Å². The van der Waals surface area contributed by atoms with Crippen molar-refractivity contribution in [2.24, 2.45) is 22.2 Å². The molecule has 1 aliphatic heterocycles. The Kier molecular flexibility index (Phi) is 3.63. The Bertz CT molecular complexity index is 420. The maximum absolute atomic E-state index is 13.1. The summed E-state index contributed by atoms with van der Waals surface area (Å²) in [5.41, 5.74) is 0.425. The summed E-state index contributed by atoms with van der Waals surface area (Å²) in [5, 5.41) is 6.94. The summed E-state index contributed by atoms with van der Waals surface area (Å²) in [6.45, 7) is 11.2. The molecule has 0 aromatic heterocycles. The first-order valence-corrected chi connectivity index (χ1v) is 8.86. The Balaban J connectivity index is 1.78. The summed E-state index contributed by atoms with van der Waals surface area (Å²) >= 11 is 0. The largest absolute Gasteiger partial charge is 0.352 e. The van der Waals surface area contributed by atoms with E-state index in [1.807, 2.05) is 0 Å². The van der Waals surface area contributed by atoms with Gasteiger partial charge in [-0.05, 0) is 55.4 Å². The average Bonchev–Trinajstić information content (AvgIpc) is 3.07. The zero-order chi connectivity index (χ0) is 15.3. The molecule has 3 nitrogen and oxygen atoms in total. The molecule has 1 amide bonds. The van der Waals surface area contributed by atoms with E-state index < -0.39 is 0 Å². The Hall–Kier alpha value is -0.570. The van der Waals surface area contributed by atoms with Crippen LogP contribution in [0.3, 0.4) is 0 Å². The number of nitrogens with one attached hydrogen (secondary N) is 2. The summed E-state index contributed by atoms with van der Waals surface area (Å²) in [6.07, 6.45) is 7.02. The van der Waals surface area contributed by atoms with Crippen LogP contribution in [0.5, 0.6) is 0 Å². The molecular weight excluding hydrogens is 260 g/mol. The molecule has 2 saturated carbocycles. The molecule has 2 N–H and O–H groups in total. The third kappa shape index (κ3) is 2.23. The van der Waals surface area contributed by atoms with Crippen molar-refractivity contribution in [1.82, 2.24) is 10.6 Å². The number of carbonyl (C=O) groups excluding carboxylic acids is 1. The van der Waals surface area contributed by atoms with Crippen LogP contribution in [-0.2, 0) is 4.79 Å². The first-order valence-electron chi connectivity index (χ1n) is 8.86.